The van der Waals surface area contributed by atoms with Crippen LogP contribution in [-0.4, -0.2) is 34.0 Å². The molecule has 0 bridgehead atoms. The van der Waals surface area contributed by atoms with Gasteiger partial charge in [0.15, 0.2) is 0 Å². The standard InChI is InChI=1S/C10H18N4OS/c1-7-5-8(14(4)13-7)16-6-10(2,12-3)9(11)15/h5,12H,6H2,1-4H3,(H2,11,15). The molecule has 1 aromatic heterocycles. The summed E-state index contributed by atoms with van der Waals surface area (Å²) in [7, 11) is 3.62. The van der Waals surface area contributed by atoms with Crippen LogP contribution in [0, 0.1) is 6.92 Å². The molecule has 1 amide bonds. The maximum absolute atomic E-state index is 11.3. The second-order valence-electron chi connectivity index (χ2n) is 3.98. The molecule has 0 spiro atoms. The molecule has 90 valence electrons. The summed E-state index contributed by atoms with van der Waals surface area (Å²) in [5.74, 6) is 0.235. The largest absolute Gasteiger partial charge is 0.368 e. The van der Waals surface area contributed by atoms with Crippen LogP contribution in [0.4, 0.5) is 0 Å². The fraction of sp³-hybridized carbons (Fsp3) is 0.600. The monoisotopic (exact) mass is 242 g/mol. The average Bonchev–Trinajstić information content (AvgIpc) is 2.53. The SMILES string of the molecule is CNC(C)(CSc1cc(C)nn1C)C(N)=O. The Bertz CT molecular complexity index is 390. The van der Waals surface area contributed by atoms with Gasteiger partial charge in [-0.3, -0.25) is 9.48 Å². The van der Waals surface area contributed by atoms with Crippen LogP contribution in [0.25, 0.3) is 0 Å². The molecule has 6 heteroatoms. The molecular formula is C10H18N4OS. The highest BCUT2D eigenvalue weighted by Crippen LogP contribution is 2.22. The van der Waals surface area contributed by atoms with E-state index in [1.807, 2.05) is 20.0 Å². The van der Waals surface area contributed by atoms with E-state index in [1.54, 1.807) is 30.4 Å². The highest BCUT2D eigenvalue weighted by Gasteiger charge is 2.29. The Labute approximate surface area is 99.8 Å². The molecule has 1 heterocycles. The lowest BCUT2D eigenvalue weighted by atomic mass is 10.1. The van der Waals surface area contributed by atoms with E-state index in [9.17, 15) is 4.79 Å². The number of nitrogens with one attached hydrogen (secondary N) is 1. The number of nitrogens with zero attached hydrogens (tertiary/aromatic N) is 2. The Hall–Kier alpha value is -1.01. The smallest absolute Gasteiger partial charge is 0.238 e. The molecular weight excluding hydrogens is 224 g/mol. The zero-order valence-corrected chi connectivity index (χ0v) is 10.9. The highest BCUT2D eigenvalue weighted by molar-refractivity contribution is 7.99. The normalized spacial score (nSPS) is 14.8. The van der Waals surface area contributed by atoms with Crippen molar-refractivity contribution in [1.82, 2.24) is 15.1 Å². The van der Waals surface area contributed by atoms with E-state index in [0.717, 1.165) is 10.7 Å². The quantitative estimate of drug-likeness (QED) is 0.728. The van der Waals surface area contributed by atoms with Crippen molar-refractivity contribution in [3.8, 4) is 0 Å². The summed E-state index contributed by atoms with van der Waals surface area (Å²) >= 11 is 1.56. The number of primary amides is 1. The summed E-state index contributed by atoms with van der Waals surface area (Å²) in [6.07, 6.45) is 0. The molecule has 0 aliphatic carbocycles. The highest BCUT2D eigenvalue weighted by atomic mass is 32.2. The van der Waals surface area contributed by atoms with Crippen molar-refractivity contribution in [2.45, 2.75) is 24.4 Å². The van der Waals surface area contributed by atoms with Gasteiger partial charge in [-0.25, -0.2) is 0 Å². The van der Waals surface area contributed by atoms with Crippen LogP contribution in [-0.2, 0) is 11.8 Å². The first-order valence-electron chi connectivity index (χ1n) is 5.01. The number of carbonyl (C=O) groups is 1. The number of aryl methyl sites for hydroxylation is 2. The van der Waals surface area contributed by atoms with Crippen molar-refractivity contribution in [1.29, 1.82) is 0 Å². The molecule has 0 saturated carbocycles. The minimum Gasteiger partial charge on any atom is -0.368 e. The molecule has 0 aliphatic heterocycles. The summed E-state index contributed by atoms with van der Waals surface area (Å²) in [5.41, 5.74) is 5.63. The number of nitrogens with two attached hydrogens (primary N) is 1. The van der Waals surface area contributed by atoms with E-state index in [-0.39, 0.29) is 5.91 Å². The number of hydrogen-bond acceptors (Lipinski definition) is 4. The van der Waals surface area contributed by atoms with Crippen LogP contribution in [0.1, 0.15) is 12.6 Å². The maximum atomic E-state index is 11.3. The van der Waals surface area contributed by atoms with E-state index >= 15 is 0 Å². The van der Waals surface area contributed by atoms with Crippen molar-refractivity contribution in [2.24, 2.45) is 12.8 Å². The van der Waals surface area contributed by atoms with Gasteiger partial charge in [-0.05, 0) is 27.0 Å². The first-order valence-corrected chi connectivity index (χ1v) is 6.00. The van der Waals surface area contributed by atoms with Crippen LogP contribution >= 0.6 is 11.8 Å². The number of aromatic nitrogens is 2. The van der Waals surface area contributed by atoms with Gasteiger partial charge in [0, 0.05) is 12.8 Å². The molecule has 0 fully saturated rings. The molecule has 5 nitrogen and oxygen atoms in total. The zero-order valence-electron chi connectivity index (χ0n) is 10.1. The molecule has 1 unspecified atom stereocenters. The Kier molecular flexibility index (Phi) is 3.98. The van der Waals surface area contributed by atoms with E-state index < -0.39 is 5.54 Å². The van der Waals surface area contributed by atoms with Gasteiger partial charge in [0.1, 0.15) is 5.54 Å². The van der Waals surface area contributed by atoms with Gasteiger partial charge in [0.05, 0.1) is 10.7 Å². The Morgan fingerprint density at radius 2 is 2.38 bits per heavy atom. The Morgan fingerprint density at radius 1 is 1.75 bits per heavy atom. The second kappa shape index (κ2) is 4.88. The van der Waals surface area contributed by atoms with E-state index in [0.29, 0.717) is 5.75 Å². The van der Waals surface area contributed by atoms with Gasteiger partial charge in [0.25, 0.3) is 0 Å². The fourth-order valence-corrected chi connectivity index (χ4v) is 2.41. The van der Waals surface area contributed by atoms with Crippen LogP contribution in [0.5, 0.6) is 0 Å². The van der Waals surface area contributed by atoms with Crippen molar-refractivity contribution >= 4 is 17.7 Å². The van der Waals surface area contributed by atoms with Crippen LogP contribution in [0.3, 0.4) is 0 Å². The average molecular weight is 242 g/mol. The molecule has 1 rings (SSSR count). The lowest BCUT2D eigenvalue weighted by molar-refractivity contribution is -0.122. The molecule has 3 N–H and O–H groups in total. The molecule has 0 radical (unpaired) electrons. The number of rotatable bonds is 5. The second-order valence-corrected chi connectivity index (χ2v) is 4.98. The Balaban J connectivity index is 2.70. The molecule has 0 aromatic carbocycles. The molecule has 0 saturated heterocycles. The number of thioether (sulfide) groups is 1. The van der Waals surface area contributed by atoms with Crippen LogP contribution in [0.15, 0.2) is 11.1 Å². The van der Waals surface area contributed by atoms with Gasteiger partial charge >= 0.3 is 0 Å². The zero-order chi connectivity index (χ0) is 12.3. The summed E-state index contributed by atoms with van der Waals surface area (Å²) in [6.45, 7) is 3.74. The third-order valence-electron chi connectivity index (χ3n) is 2.56. The van der Waals surface area contributed by atoms with Crippen molar-refractivity contribution in [3.63, 3.8) is 0 Å². The fourth-order valence-electron chi connectivity index (χ4n) is 1.21. The molecule has 1 atom stereocenters. The first-order chi connectivity index (χ1) is 7.39. The summed E-state index contributed by atoms with van der Waals surface area (Å²) in [5, 5.41) is 8.22. The van der Waals surface area contributed by atoms with Crippen LogP contribution in [0.2, 0.25) is 0 Å². The maximum Gasteiger partial charge on any atom is 0.238 e. The van der Waals surface area contributed by atoms with Crippen molar-refractivity contribution < 1.29 is 4.79 Å². The topological polar surface area (TPSA) is 72.9 Å². The molecule has 1 aromatic rings. The predicted octanol–water partition coefficient (Wildman–Crippen LogP) is 0.284. The third-order valence-corrected chi connectivity index (χ3v) is 3.96. The van der Waals surface area contributed by atoms with Gasteiger partial charge in [-0.2, -0.15) is 5.10 Å². The minimum absolute atomic E-state index is 0.346. The summed E-state index contributed by atoms with van der Waals surface area (Å²) in [6, 6.07) is 1.99. The number of likely N-dealkylation sites (N-methyl/N-ethyl adjacent to an activating group) is 1. The third kappa shape index (κ3) is 2.76. The lowest BCUT2D eigenvalue weighted by Crippen LogP contribution is -2.53. The summed E-state index contributed by atoms with van der Waals surface area (Å²) < 4.78 is 1.80. The molecule has 16 heavy (non-hydrogen) atoms. The van der Waals surface area contributed by atoms with Gasteiger partial charge in [-0.15, -0.1) is 11.8 Å². The Morgan fingerprint density at radius 3 is 2.75 bits per heavy atom. The molecule has 0 aliphatic rings. The minimum atomic E-state index is -0.692. The predicted molar refractivity (Wildman–Crippen MR) is 65.3 cm³/mol. The number of amides is 1. The number of hydrogen-bond donors (Lipinski definition) is 2. The van der Waals surface area contributed by atoms with Gasteiger partial charge in [0.2, 0.25) is 5.91 Å². The van der Waals surface area contributed by atoms with E-state index in [4.69, 9.17) is 5.73 Å². The van der Waals surface area contributed by atoms with Crippen molar-refractivity contribution in [2.75, 3.05) is 12.8 Å². The van der Waals surface area contributed by atoms with Gasteiger partial charge in [-0.1, -0.05) is 0 Å². The first kappa shape index (κ1) is 13.1. The summed E-state index contributed by atoms with van der Waals surface area (Å²) in [4.78, 5) is 11.3. The van der Waals surface area contributed by atoms with Gasteiger partial charge < -0.3 is 11.1 Å². The van der Waals surface area contributed by atoms with Crippen molar-refractivity contribution in [3.05, 3.63) is 11.8 Å². The van der Waals surface area contributed by atoms with Crippen LogP contribution < -0.4 is 11.1 Å². The van der Waals surface area contributed by atoms with E-state index in [2.05, 4.69) is 10.4 Å². The number of carbonyl (C=O) groups excluding carboxylic acids is 1. The van der Waals surface area contributed by atoms with E-state index in [1.165, 1.54) is 0 Å². The lowest BCUT2D eigenvalue weighted by Gasteiger charge is -2.24.